The molecule has 7 heteroatoms. The number of rotatable bonds is 6. The summed E-state index contributed by atoms with van der Waals surface area (Å²) in [5.41, 5.74) is 4.76. The van der Waals surface area contributed by atoms with Crippen LogP contribution in [0.4, 0.5) is 4.79 Å². The van der Waals surface area contributed by atoms with Crippen LogP contribution in [0.15, 0.2) is 0 Å². The topological polar surface area (TPSA) is 93.9 Å². The number of ether oxygens (including phenoxy) is 2. The summed E-state index contributed by atoms with van der Waals surface area (Å²) in [7, 11) is 0. The molecular formula is C14H27N3O4. The number of nitrogens with one attached hydrogen (secondary N) is 1. The lowest BCUT2D eigenvalue weighted by Crippen LogP contribution is -2.51. The molecule has 122 valence electrons. The van der Waals surface area contributed by atoms with Gasteiger partial charge in [-0.3, -0.25) is 4.79 Å². The lowest BCUT2D eigenvalue weighted by molar-refractivity contribution is -0.134. The second kappa shape index (κ2) is 8.19. The molecule has 1 heterocycles. The van der Waals surface area contributed by atoms with E-state index in [9.17, 15) is 9.59 Å². The van der Waals surface area contributed by atoms with E-state index in [4.69, 9.17) is 15.2 Å². The summed E-state index contributed by atoms with van der Waals surface area (Å²) in [6.45, 7) is 7.59. The molecule has 0 aromatic rings. The predicted molar refractivity (Wildman–Crippen MR) is 78.8 cm³/mol. The minimum absolute atomic E-state index is 0.103. The van der Waals surface area contributed by atoms with Gasteiger partial charge in [0, 0.05) is 19.6 Å². The summed E-state index contributed by atoms with van der Waals surface area (Å²) < 4.78 is 10.5. The Morgan fingerprint density at radius 2 is 1.90 bits per heavy atom. The van der Waals surface area contributed by atoms with E-state index in [1.807, 2.05) is 0 Å². The molecule has 1 saturated heterocycles. The first-order valence-corrected chi connectivity index (χ1v) is 7.39. The molecule has 1 aliphatic heterocycles. The summed E-state index contributed by atoms with van der Waals surface area (Å²) in [5.74, 6) is -0.129. The first-order chi connectivity index (χ1) is 9.83. The fraction of sp³-hybridized carbons (Fsp3) is 0.857. The summed E-state index contributed by atoms with van der Waals surface area (Å²) in [5, 5.41) is 2.59. The normalized spacial score (nSPS) is 16.7. The molecule has 1 rings (SSSR count). The molecule has 1 aliphatic rings. The van der Waals surface area contributed by atoms with E-state index in [0.29, 0.717) is 13.2 Å². The van der Waals surface area contributed by atoms with Crippen molar-refractivity contribution >= 4 is 12.0 Å². The molecule has 0 aliphatic carbocycles. The van der Waals surface area contributed by atoms with Crippen LogP contribution in [0.1, 0.15) is 33.6 Å². The number of alkyl carbamates (subject to hydrolysis) is 1. The molecule has 0 saturated carbocycles. The van der Waals surface area contributed by atoms with Crippen LogP contribution < -0.4 is 11.1 Å². The van der Waals surface area contributed by atoms with Crippen LogP contribution in [-0.2, 0) is 14.3 Å². The third-order valence-corrected chi connectivity index (χ3v) is 2.95. The van der Waals surface area contributed by atoms with Gasteiger partial charge < -0.3 is 25.4 Å². The standard InChI is InChI=1S/C14H27N3O4/c1-14(2,3)21-13(19)16-11(10-20-9-6-15)12(18)17-7-4-5-8-17/h11H,4-10,15H2,1-3H3,(H,16,19). The largest absolute Gasteiger partial charge is 0.444 e. The summed E-state index contributed by atoms with van der Waals surface area (Å²) in [6.07, 6.45) is 1.37. The Morgan fingerprint density at radius 3 is 2.43 bits per heavy atom. The van der Waals surface area contributed by atoms with Gasteiger partial charge in [-0.05, 0) is 33.6 Å². The van der Waals surface area contributed by atoms with E-state index < -0.39 is 17.7 Å². The molecule has 0 spiro atoms. The van der Waals surface area contributed by atoms with Crippen molar-refractivity contribution in [3.63, 3.8) is 0 Å². The number of amides is 2. The van der Waals surface area contributed by atoms with Crippen molar-refractivity contribution in [2.45, 2.75) is 45.3 Å². The third kappa shape index (κ3) is 6.77. The van der Waals surface area contributed by atoms with Crippen molar-refractivity contribution < 1.29 is 19.1 Å². The van der Waals surface area contributed by atoms with E-state index in [0.717, 1.165) is 25.9 Å². The molecule has 0 aromatic heterocycles. The molecule has 0 bridgehead atoms. The van der Waals surface area contributed by atoms with E-state index >= 15 is 0 Å². The highest BCUT2D eigenvalue weighted by Crippen LogP contribution is 2.11. The Kier molecular flexibility index (Phi) is 6.91. The lowest BCUT2D eigenvalue weighted by Gasteiger charge is -2.26. The molecule has 1 fully saturated rings. The van der Waals surface area contributed by atoms with Gasteiger partial charge in [0.1, 0.15) is 11.6 Å². The van der Waals surface area contributed by atoms with Crippen molar-refractivity contribution in [3.05, 3.63) is 0 Å². The third-order valence-electron chi connectivity index (χ3n) is 2.95. The van der Waals surface area contributed by atoms with E-state index in [1.54, 1.807) is 25.7 Å². The van der Waals surface area contributed by atoms with Crippen LogP contribution in [0.2, 0.25) is 0 Å². The highest BCUT2D eigenvalue weighted by atomic mass is 16.6. The molecule has 3 N–H and O–H groups in total. The number of hydrogen-bond acceptors (Lipinski definition) is 5. The fourth-order valence-electron chi connectivity index (χ4n) is 2.07. The van der Waals surface area contributed by atoms with Crippen LogP contribution in [0.5, 0.6) is 0 Å². The maximum Gasteiger partial charge on any atom is 0.408 e. The van der Waals surface area contributed by atoms with Crippen LogP contribution in [0, 0.1) is 0 Å². The molecule has 21 heavy (non-hydrogen) atoms. The Hall–Kier alpha value is -1.34. The molecular weight excluding hydrogens is 274 g/mol. The van der Waals surface area contributed by atoms with Gasteiger partial charge in [-0.1, -0.05) is 0 Å². The van der Waals surface area contributed by atoms with Crippen molar-refractivity contribution in [2.24, 2.45) is 5.73 Å². The Labute approximate surface area is 126 Å². The van der Waals surface area contributed by atoms with Gasteiger partial charge in [0.15, 0.2) is 0 Å². The summed E-state index contributed by atoms with van der Waals surface area (Å²) in [6, 6.07) is -0.732. The van der Waals surface area contributed by atoms with E-state index in [1.165, 1.54) is 0 Å². The lowest BCUT2D eigenvalue weighted by atomic mass is 10.2. The van der Waals surface area contributed by atoms with Crippen LogP contribution in [0.25, 0.3) is 0 Å². The predicted octanol–water partition coefficient (Wildman–Crippen LogP) is 0.477. The van der Waals surface area contributed by atoms with Crippen LogP contribution >= 0.6 is 0 Å². The molecule has 0 aromatic carbocycles. The molecule has 7 nitrogen and oxygen atoms in total. The average Bonchev–Trinajstić information content (AvgIpc) is 2.88. The minimum atomic E-state index is -0.732. The van der Waals surface area contributed by atoms with Gasteiger partial charge in [0.2, 0.25) is 5.91 Å². The molecule has 1 unspecified atom stereocenters. The van der Waals surface area contributed by atoms with Crippen molar-refractivity contribution in [1.29, 1.82) is 0 Å². The van der Waals surface area contributed by atoms with Gasteiger partial charge >= 0.3 is 6.09 Å². The number of nitrogens with zero attached hydrogens (tertiary/aromatic N) is 1. The number of hydrogen-bond donors (Lipinski definition) is 2. The number of likely N-dealkylation sites (tertiary alicyclic amines) is 1. The zero-order valence-electron chi connectivity index (χ0n) is 13.2. The zero-order valence-corrected chi connectivity index (χ0v) is 13.2. The Bertz CT molecular complexity index is 349. The highest BCUT2D eigenvalue weighted by Gasteiger charge is 2.29. The molecule has 1 atom stereocenters. The average molecular weight is 301 g/mol. The number of nitrogens with two attached hydrogens (primary N) is 1. The maximum atomic E-state index is 12.4. The van der Waals surface area contributed by atoms with Gasteiger partial charge in [0.25, 0.3) is 0 Å². The summed E-state index contributed by atoms with van der Waals surface area (Å²) >= 11 is 0. The monoisotopic (exact) mass is 301 g/mol. The van der Waals surface area contributed by atoms with Crippen LogP contribution in [0.3, 0.4) is 0 Å². The highest BCUT2D eigenvalue weighted by molar-refractivity contribution is 5.86. The van der Waals surface area contributed by atoms with Gasteiger partial charge in [0.05, 0.1) is 13.2 Å². The van der Waals surface area contributed by atoms with Crippen molar-refractivity contribution in [2.75, 3.05) is 32.8 Å². The second-order valence-electron chi connectivity index (χ2n) is 6.09. The van der Waals surface area contributed by atoms with Crippen LogP contribution in [-0.4, -0.2) is 61.4 Å². The fourth-order valence-corrected chi connectivity index (χ4v) is 2.07. The van der Waals surface area contributed by atoms with E-state index in [-0.39, 0.29) is 12.5 Å². The quantitative estimate of drug-likeness (QED) is 0.696. The SMILES string of the molecule is CC(C)(C)OC(=O)NC(COCCN)C(=O)N1CCCC1. The van der Waals surface area contributed by atoms with Gasteiger partial charge in [-0.25, -0.2) is 4.79 Å². The number of carbonyl (C=O) groups excluding carboxylic acids is 2. The Morgan fingerprint density at radius 1 is 1.29 bits per heavy atom. The summed E-state index contributed by atoms with van der Waals surface area (Å²) in [4.78, 5) is 26.0. The zero-order chi connectivity index (χ0) is 15.9. The van der Waals surface area contributed by atoms with E-state index in [2.05, 4.69) is 5.32 Å². The first-order valence-electron chi connectivity index (χ1n) is 7.39. The van der Waals surface area contributed by atoms with Gasteiger partial charge in [-0.15, -0.1) is 0 Å². The smallest absolute Gasteiger partial charge is 0.408 e. The van der Waals surface area contributed by atoms with Crippen molar-refractivity contribution in [1.82, 2.24) is 10.2 Å². The number of carbonyl (C=O) groups is 2. The molecule has 2 amide bonds. The first kappa shape index (κ1) is 17.7. The second-order valence-corrected chi connectivity index (χ2v) is 6.09. The maximum absolute atomic E-state index is 12.4. The Balaban J connectivity index is 2.58. The molecule has 0 radical (unpaired) electrons. The van der Waals surface area contributed by atoms with Crippen molar-refractivity contribution in [3.8, 4) is 0 Å². The minimum Gasteiger partial charge on any atom is -0.444 e. The van der Waals surface area contributed by atoms with Gasteiger partial charge in [-0.2, -0.15) is 0 Å².